The molecule has 0 aromatic heterocycles. The number of ether oxygens (including phenoxy) is 3. The van der Waals surface area contributed by atoms with Crippen molar-refractivity contribution in [1.82, 2.24) is 5.32 Å². The van der Waals surface area contributed by atoms with Gasteiger partial charge < -0.3 is 24.6 Å². The van der Waals surface area contributed by atoms with E-state index >= 15 is 0 Å². The lowest BCUT2D eigenvalue weighted by Crippen LogP contribution is -2.35. The minimum Gasteiger partial charge on any atom is -0.389 e. The first-order chi connectivity index (χ1) is 8.83. The first-order valence-corrected chi connectivity index (χ1v) is 6.95. The average Bonchev–Trinajstić information content (AvgIpc) is 2.40. The fraction of sp³-hybridized carbons (Fsp3) is 1.00. The molecule has 1 fully saturated rings. The normalized spacial score (nSPS) is 19.0. The lowest BCUT2D eigenvalue weighted by molar-refractivity contribution is 0.00558. The zero-order valence-corrected chi connectivity index (χ0v) is 11.4. The Morgan fingerprint density at radius 2 is 2.00 bits per heavy atom. The van der Waals surface area contributed by atoms with Crippen molar-refractivity contribution in [2.75, 3.05) is 52.7 Å². The van der Waals surface area contributed by atoms with E-state index in [1.54, 1.807) is 0 Å². The SMILES string of the molecule is CCOCCOCC(O)CNCC1CCOCC1. The zero-order chi connectivity index (χ0) is 13.1. The predicted octanol–water partition coefficient (Wildman–Crippen LogP) is 0.417. The lowest BCUT2D eigenvalue weighted by atomic mass is 10.0. The summed E-state index contributed by atoms with van der Waals surface area (Å²) in [6, 6.07) is 0. The Bertz CT molecular complexity index is 186. The maximum absolute atomic E-state index is 9.68. The Morgan fingerprint density at radius 1 is 1.28 bits per heavy atom. The summed E-state index contributed by atoms with van der Waals surface area (Å²) in [6.45, 7) is 7.46. The summed E-state index contributed by atoms with van der Waals surface area (Å²) in [5.74, 6) is 0.685. The zero-order valence-electron chi connectivity index (χ0n) is 11.4. The van der Waals surface area contributed by atoms with Crippen LogP contribution in [-0.2, 0) is 14.2 Å². The van der Waals surface area contributed by atoms with Crippen LogP contribution in [0.1, 0.15) is 19.8 Å². The first-order valence-electron chi connectivity index (χ1n) is 6.95. The van der Waals surface area contributed by atoms with Gasteiger partial charge in [-0.25, -0.2) is 0 Å². The molecule has 1 unspecified atom stereocenters. The van der Waals surface area contributed by atoms with Crippen LogP contribution in [-0.4, -0.2) is 63.9 Å². The van der Waals surface area contributed by atoms with Gasteiger partial charge in [-0.3, -0.25) is 0 Å². The molecule has 2 N–H and O–H groups in total. The van der Waals surface area contributed by atoms with Gasteiger partial charge in [0.1, 0.15) is 0 Å². The van der Waals surface area contributed by atoms with Crippen molar-refractivity contribution in [3.8, 4) is 0 Å². The summed E-state index contributed by atoms with van der Waals surface area (Å²) in [5, 5.41) is 13.0. The molecule has 0 bridgehead atoms. The van der Waals surface area contributed by atoms with Crippen LogP contribution in [0.25, 0.3) is 0 Å². The highest BCUT2D eigenvalue weighted by molar-refractivity contribution is 4.67. The van der Waals surface area contributed by atoms with Crippen LogP contribution in [0.4, 0.5) is 0 Å². The van der Waals surface area contributed by atoms with Crippen LogP contribution in [0, 0.1) is 5.92 Å². The summed E-state index contributed by atoms with van der Waals surface area (Å²) in [6.07, 6.45) is 1.80. The summed E-state index contributed by atoms with van der Waals surface area (Å²) < 4.78 is 15.8. The van der Waals surface area contributed by atoms with Crippen molar-refractivity contribution in [1.29, 1.82) is 0 Å². The molecule has 108 valence electrons. The fourth-order valence-electron chi connectivity index (χ4n) is 1.95. The number of rotatable bonds is 10. The first kappa shape index (κ1) is 15.9. The molecular formula is C13H27NO4. The van der Waals surface area contributed by atoms with Gasteiger partial charge in [-0.15, -0.1) is 0 Å². The van der Waals surface area contributed by atoms with E-state index < -0.39 is 6.10 Å². The second-order valence-electron chi connectivity index (χ2n) is 4.64. The van der Waals surface area contributed by atoms with Crippen LogP contribution in [0.15, 0.2) is 0 Å². The lowest BCUT2D eigenvalue weighted by Gasteiger charge is -2.23. The van der Waals surface area contributed by atoms with Crippen LogP contribution in [0.5, 0.6) is 0 Å². The largest absolute Gasteiger partial charge is 0.389 e. The Hall–Kier alpha value is -0.200. The molecule has 0 amide bonds. The summed E-state index contributed by atoms with van der Waals surface area (Å²) in [7, 11) is 0. The molecule has 0 spiro atoms. The summed E-state index contributed by atoms with van der Waals surface area (Å²) in [5.41, 5.74) is 0. The van der Waals surface area contributed by atoms with Crippen molar-refractivity contribution in [3.63, 3.8) is 0 Å². The van der Waals surface area contributed by atoms with Crippen LogP contribution < -0.4 is 5.32 Å². The molecule has 0 saturated carbocycles. The van der Waals surface area contributed by atoms with E-state index in [0.29, 0.717) is 38.9 Å². The quantitative estimate of drug-likeness (QED) is 0.558. The smallest absolute Gasteiger partial charge is 0.0897 e. The van der Waals surface area contributed by atoms with E-state index in [1.165, 1.54) is 0 Å². The van der Waals surface area contributed by atoms with Gasteiger partial charge in [-0.1, -0.05) is 0 Å². The molecular weight excluding hydrogens is 234 g/mol. The van der Waals surface area contributed by atoms with Gasteiger partial charge >= 0.3 is 0 Å². The number of hydrogen-bond donors (Lipinski definition) is 2. The van der Waals surface area contributed by atoms with E-state index in [0.717, 1.165) is 32.6 Å². The van der Waals surface area contributed by atoms with Crippen molar-refractivity contribution in [3.05, 3.63) is 0 Å². The molecule has 1 atom stereocenters. The monoisotopic (exact) mass is 261 g/mol. The van der Waals surface area contributed by atoms with Gasteiger partial charge in [-0.2, -0.15) is 0 Å². The second-order valence-corrected chi connectivity index (χ2v) is 4.64. The summed E-state index contributed by atoms with van der Waals surface area (Å²) in [4.78, 5) is 0. The van der Waals surface area contributed by atoms with Crippen molar-refractivity contribution in [2.45, 2.75) is 25.9 Å². The molecule has 1 aliphatic heterocycles. The number of aliphatic hydroxyl groups excluding tert-OH is 1. The van der Waals surface area contributed by atoms with E-state index in [9.17, 15) is 5.11 Å². The van der Waals surface area contributed by atoms with E-state index in [-0.39, 0.29) is 0 Å². The Kier molecular flexibility index (Phi) is 9.42. The molecule has 0 aliphatic carbocycles. The summed E-state index contributed by atoms with van der Waals surface area (Å²) >= 11 is 0. The molecule has 1 heterocycles. The molecule has 18 heavy (non-hydrogen) atoms. The third-order valence-electron chi connectivity index (χ3n) is 3.04. The Labute approximate surface area is 110 Å². The predicted molar refractivity (Wildman–Crippen MR) is 69.7 cm³/mol. The third kappa shape index (κ3) is 8.00. The van der Waals surface area contributed by atoms with Gasteiger partial charge in [0.25, 0.3) is 0 Å². The minimum atomic E-state index is -0.438. The fourth-order valence-corrected chi connectivity index (χ4v) is 1.95. The molecule has 1 saturated heterocycles. The maximum atomic E-state index is 9.68. The molecule has 5 heteroatoms. The highest BCUT2D eigenvalue weighted by Gasteiger charge is 2.13. The standard InChI is InChI=1S/C13H27NO4/c1-2-16-7-8-18-11-13(15)10-14-9-12-3-5-17-6-4-12/h12-15H,2-11H2,1H3. The second kappa shape index (κ2) is 10.7. The number of nitrogens with one attached hydrogen (secondary N) is 1. The van der Waals surface area contributed by atoms with Crippen LogP contribution in [0.3, 0.4) is 0 Å². The van der Waals surface area contributed by atoms with Crippen LogP contribution in [0.2, 0.25) is 0 Å². The molecule has 0 aromatic carbocycles. The minimum absolute atomic E-state index is 0.369. The molecule has 5 nitrogen and oxygen atoms in total. The van der Waals surface area contributed by atoms with Gasteiger partial charge in [0, 0.05) is 26.4 Å². The van der Waals surface area contributed by atoms with E-state index in [4.69, 9.17) is 14.2 Å². The molecule has 1 aliphatic rings. The van der Waals surface area contributed by atoms with Crippen molar-refractivity contribution < 1.29 is 19.3 Å². The Morgan fingerprint density at radius 3 is 2.72 bits per heavy atom. The average molecular weight is 261 g/mol. The number of hydrogen-bond acceptors (Lipinski definition) is 5. The van der Waals surface area contributed by atoms with Gasteiger partial charge in [0.15, 0.2) is 0 Å². The molecule has 0 radical (unpaired) electrons. The van der Waals surface area contributed by atoms with E-state index in [2.05, 4.69) is 5.32 Å². The van der Waals surface area contributed by atoms with Gasteiger partial charge in [0.2, 0.25) is 0 Å². The van der Waals surface area contributed by atoms with Gasteiger partial charge in [-0.05, 0) is 32.2 Å². The third-order valence-corrected chi connectivity index (χ3v) is 3.04. The topological polar surface area (TPSA) is 60.0 Å². The maximum Gasteiger partial charge on any atom is 0.0897 e. The number of aliphatic hydroxyl groups is 1. The molecule has 0 aromatic rings. The van der Waals surface area contributed by atoms with Crippen molar-refractivity contribution in [2.24, 2.45) is 5.92 Å². The highest BCUT2D eigenvalue weighted by Crippen LogP contribution is 2.12. The molecule has 1 rings (SSSR count). The van der Waals surface area contributed by atoms with Crippen molar-refractivity contribution >= 4 is 0 Å². The van der Waals surface area contributed by atoms with Gasteiger partial charge in [0.05, 0.1) is 25.9 Å². The Balaban J connectivity index is 1.88. The van der Waals surface area contributed by atoms with E-state index in [1.807, 2.05) is 6.92 Å². The highest BCUT2D eigenvalue weighted by atomic mass is 16.5. The van der Waals surface area contributed by atoms with Crippen LogP contribution >= 0.6 is 0 Å².